The van der Waals surface area contributed by atoms with Gasteiger partial charge in [-0.2, -0.15) is 0 Å². The van der Waals surface area contributed by atoms with Crippen molar-refractivity contribution < 1.29 is 4.79 Å². The van der Waals surface area contributed by atoms with Crippen LogP contribution in [-0.2, 0) is 0 Å². The summed E-state index contributed by atoms with van der Waals surface area (Å²) in [6.45, 7) is 6.05. The minimum Gasteiger partial charge on any atom is -0.345 e. The number of aromatic nitrogens is 3. The van der Waals surface area contributed by atoms with Gasteiger partial charge in [-0.3, -0.25) is 4.79 Å². The Morgan fingerprint density at radius 3 is 2.75 bits per heavy atom. The van der Waals surface area contributed by atoms with Gasteiger partial charge in [-0.15, -0.1) is 11.3 Å². The second-order valence-electron chi connectivity index (χ2n) is 5.78. The molecule has 3 rings (SSSR count). The van der Waals surface area contributed by atoms with Crippen LogP contribution in [0.25, 0.3) is 11.4 Å². The first-order chi connectivity index (χ1) is 11.5. The summed E-state index contributed by atoms with van der Waals surface area (Å²) in [5.74, 6) is 0.729. The van der Waals surface area contributed by atoms with Gasteiger partial charge in [0.1, 0.15) is 5.82 Å². The van der Waals surface area contributed by atoms with Crippen molar-refractivity contribution in [2.75, 3.05) is 7.05 Å². The number of carbonyl (C=O) groups excluding carboxylic acids is 1. The maximum Gasteiger partial charge on any atom is 0.254 e. The van der Waals surface area contributed by atoms with E-state index in [9.17, 15) is 4.79 Å². The van der Waals surface area contributed by atoms with Crippen LogP contribution in [0.2, 0.25) is 0 Å². The number of hydrogen-bond donors (Lipinski definition) is 1. The van der Waals surface area contributed by atoms with Crippen molar-refractivity contribution >= 4 is 17.2 Å². The molecule has 0 unspecified atom stereocenters. The summed E-state index contributed by atoms with van der Waals surface area (Å²) in [7, 11) is 1.82. The fourth-order valence-electron chi connectivity index (χ4n) is 2.72. The maximum atomic E-state index is 12.9. The van der Waals surface area contributed by atoms with Crippen LogP contribution in [0.3, 0.4) is 0 Å². The highest BCUT2D eigenvalue weighted by Gasteiger charge is 2.23. The van der Waals surface area contributed by atoms with Gasteiger partial charge in [0.05, 0.1) is 16.7 Å². The van der Waals surface area contributed by atoms with E-state index in [1.54, 1.807) is 28.6 Å². The summed E-state index contributed by atoms with van der Waals surface area (Å²) < 4.78 is 0. The molecule has 5 nitrogen and oxygen atoms in total. The molecule has 0 saturated heterocycles. The summed E-state index contributed by atoms with van der Waals surface area (Å²) >= 11 is 1.66. The van der Waals surface area contributed by atoms with Crippen LogP contribution in [0.4, 0.5) is 0 Å². The van der Waals surface area contributed by atoms with Crippen molar-refractivity contribution in [3.05, 3.63) is 57.8 Å². The predicted molar refractivity (Wildman–Crippen MR) is 96.1 cm³/mol. The SMILES string of the molecule is Cc1nc([C@H](C)N(C)C(=O)c2cccc(-c3ncc[nH]3)c2)c(C)s1. The van der Waals surface area contributed by atoms with Gasteiger partial charge < -0.3 is 9.88 Å². The molecule has 2 aromatic heterocycles. The molecule has 6 heteroatoms. The van der Waals surface area contributed by atoms with Crippen molar-refractivity contribution in [1.82, 2.24) is 19.9 Å². The van der Waals surface area contributed by atoms with Crippen molar-refractivity contribution in [2.45, 2.75) is 26.8 Å². The Bertz CT molecular complexity index is 854. The lowest BCUT2D eigenvalue weighted by molar-refractivity contribution is 0.0740. The van der Waals surface area contributed by atoms with E-state index in [1.165, 1.54) is 0 Å². The van der Waals surface area contributed by atoms with Gasteiger partial charge in [-0.05, 0) is 32.9 Å². The van der Waals surface area contributed by atoms with E-state index >= 15 is 0 Å². The zero-order chi connectivity index (χ0) is 17.3. The third-order valence-corrected chi connectivity index (χ3v) is 5.02. The van der Waals surface area contributed by atoms with Crippen LogP contribution in [0.15, 0.2) is 36.7 Å². The van der Waals surface area contributed by atoms with Crippen molar-refractivity contribution in [1.29, 1.82) is 0 Å². The quantitative estimate of drug-likeness (QED) is 0.781. The average molecular weight is 340 g/mol. The fourth-order valence-corrected chi connectivity index (χ4v) is 3.63. The molecule has 0 spiro atoms. The monoisotopic (exact) mass is 340 g/mol. The number of imidazole rings is 1. The van der Waals surface area contributed by atoms with E-state index in [0.29, 0.717) is 5.56 Å². The lowest BCUT2D eigenvalue weighted by atomic mass is 10.1. The van der Waals surface area contributed by atoms with Gasteiger partial charge in [0.25, 0.3) is 5.91 Å². The molecule has 24 heavy (non-hydrogen) atoms. The van der Waals surface area contributed by atoms with Crippen LogP contribution >= 0.6 is 11.3 Å². The fraction of sp³-hybridized carbons (Fsp3) is 0.278. The third kappa shape index (κ3) is 3.10. The molecule has 1 amide bonds. The number of rotatable bonds is 4. The zero-order valence-electron chi connectivity index (χ0n) is 14.2. The van der Waals surface area contributed by atoms with Crippen LogP contribution in [-0.4, -0.2) is 32.8 Å². The highest BCUT2D eigenvalue weighted by Crippen LogP contribution is 2.27. The molecule has 0 saturated carbocycles. The minimum absolute atomic E-state index is 0.0269. The van der Waals surface area contributed by atoms with Crippen molar-refractivity contribution in [3.8, 4) is 11.4 Å². The van der Waals surface area contributed by atoms with E-state index in [0.717, 1.165) is 27.0 Å². The Labute approximate surface area is 145 Å². The molecular weight excluding hydrogens is 320 g/mol. The van der Waals surface area contributed by atoms with Crippen LogP contribution in [0.5, 0.6) is 0 Å². The van der Waals surface area contributed by atoms with Gasteiger partial charge in [0, 0.05) is 35.4 Å². The second-order valence-corrected chi connectivity index (χ2v) is 7.19. The number of aryl methyl sites for hydroxylation is 2. The number of hydrogen-bond acceptors (Lipinski definition) is 4. The molecular formula is C18H20N4OS. The molecule has 1 aromatic carbocycles. The molecule has 0 aliphatic carbocycles. The van der Waals surface area contributed by atoms with Crippen LogP contribution < -0.4 is 0 Å². The molecule has 0 bridgehead atoms. The smallest absolute Gasteiger partial charge is 0.254 e. The minimum atomic E-state index is -0.0743. The molecule has 1 atom stereocenters. The third-order valence-electron chi connectivity index (χ3n) is 4.12. The number of thiazole rings is 1. The Kier molecular flexibility index (Phi) is 4.49. The lowest BCUT2D eigenvalue weighted by Crippen LogP contribution is -2.30. The molecule has 2 heterocycles. The number of aromatic amines is 1. The topological polar surface area (TPSA) is 61.9 Å². The Morgan fingerprint density at radius 2 is 2.12 bits per heavy atom. The van der Waals surface area contributed by atoms with E-state index in [2.05, 4.69) is 15.0 Å². The lowest BCUT2D eigenvalue weighted by Gasteiger charge is -2.24. The highest BCUT2D eigenvalue weighted by molar-refractivity contribution is 7.11. The second kappa shape index (κ2) is 6.57. The van der Waals surface area contributed by atoms with E-state index in [-0.39, 0.29) is 11.9 Å². The normalized spacial score (nSPS) is 12.2. The van der Waals surface area contributed by atoms with E-state index in [1.807, 2.05) is 52.1 Å². The molecule has 0 aliphatic heterocycles. The van der Waals surface area contributed by atoms with Gasteiger partial charge in [-0.1, -0.05) is 12.1 Å². The molecule has 124 valence electrons. The van der Waals surface area contributed by atoms with Crippen molar-refractivity contribution in [3.63, 3.8) is 0 Å². The summed E-state index contributed by atoms with van der Waals surface area (Å²) in [6, 6.07) is 7.44. The predicted octanol–water partition coefficient (Wildman–Crippen LogP) is 3.98. The number of nitrogens with zero attached hydrogens (tertiary/aromatic N) is 3. The molecule has 1 N–H and O–H groups in total. The standard InChI is InChI=1S/C18H20N4OS/c1-11(16-12(2)24-13(3)21-16)22(4)18(23)15-7-5-6-14(10-15)17-19-8-9-20-17/h5-11H,1-4H3,(H,19,20)/t11-/m0/s1. The molecule has 0 aliphatic rings. The molecule has 0 fully saturated rings. The largest absolute Gasteiger partial charge is 0.345 e. The van der Waals surface area contributed by atoms with Gasteiger partial charge in [0.15, 0.2) is 0 Å². The van der Waals surface area contributed by atoms with Crippen molar-refractivity contribution in [2.24, 2.45) is 0 Å². The van der Waals surface area contributed by atoms with Crippen LogP contribution in [0, 0.1) is 13.8 Å². The number of amides is 1. The summed E-state index contributed by atoms with van der Waals surface area (Å²) in [6.07, 6.45) is 3.47. The maximum absolute atomic E-state index is 12.9. The highest BCUT2D eigenvalue weighted by atomic mass is 32.1. The first kappa shape index (κ1) is 16.4. The van der Waals surface area contributed by atoms with Gasteiger partial charge in [0.2, 0.25) is 0 Å². The molecule has 3 aromatic rings. The number of carbonyl (C=O) groups is 1. The summed E-state index contributed by atoms with van der Waals surface area (Å²) in [5, 5.41) is 1.02. The van der Waals surface area contributed by atoms with Crippen LogP contribution in [0.1, 0.15) is 38.9 Å². The van der Waals surface area contributed by atoms with Gasteiger partial charge >= 0.3 is 0 Å². The number of benzene rings is 1. The zero-order valence-corrected chi connectivity index (χ0v) is 15.0. The van der Waals surface area contributed by atoms with Gasteiger partial charge in [-0.25, -0.2) is 9.97 Å². The number of nitrogens with one attached hydrogen (secondary N) is 1. The Morgan fingerprint density at radius 1 is 1.33 bits per heavy atom. The first-order valence-corrected chi connectivity index (χ1v) is 8.60. The molecule has 0 radical (unpaired) electrons. The average Bonchev–Trinajstić information content (AvgIpc) is 3.22. The van der Waals surface area contributed by atoms with E-state index in [4.69, 9.17) is 0 Å². The first-order valence-electron chi connectivity index (χ1n) is 7.78. The Hall–Kier alpha value is -2.47. The number of H-pyrrole nitrogens is 1. The summed E-state index contributed by atoms with van der Waals surface area (Å²) in [5.41, 5.74) is 2.51. The Balaban J connectivity index is 1.86. The summed E-state index contributed by atoms with van der Waals surface area (Å²) in [4.78, 5) is 27.6. The van der Waals surface area contributed by atoms with E-state index < -0.39 is 0 Å².